The number of nitrogens with one attached hydrogen (secondary N) is 1. The second-order valence-corrected chi connectivity index (χ2v) is 7.64. The molecule has 0 saturated carbocycles. The summed E-state index contributed by atoms with van der Waals surface area (Å²) in [6.07, 6.45) is 1.01. The molecule has 0 aliphatic carbocycles. The number of benzene rings is 3. The molecule has 31 heavy (non-hydrogen) atoms. The molecule has 0 bridgehead atoms. The average Bonchev–Trinajstić information content (AvgIpc) is 3.15. The van der Waals surface area contributed by atoms with Gasteiger partial charge in [0.15, 0.2) is 0 Å². The first-order chi connectivity index (χ1) is 15.1. The third kappa shape index (κ3) is 5.06. The number of nitrogens with zero attached hydrogens (tertiary/aromatic N) is 2. The minimum atomic E-state index is -0.187. The van der Waals surface area contributed by atoms with Gasteiger partial charge in [0, 0.05) is 10.6 Å². The van der Waals surface area contributed by atoms with E-state index in [2.05, 4.69) is 28.9 Å². The van der Waals surface area contributed by atoms with E-state index in [0.29, 0.717) is 30.3 Å². The van der Waals surface area contributed by atoms with Crippen LogP contribution in [0.4, 0.5) is 0 Å². The Hall–Kier alpha value is -3.31. The second-order valence-electron chi connectivity index (χ2n) is 7.21. The monoisotopic (exact) mass is 433 g/mol. The number of hydrogen-bond donors (Lipinski definition) is 1. The summed E-state index contributed by atoms with van der Waals surface area (Å²) in [4.78, 5) is 17.2. The van der Waals surface area contributed by atoms with Crippen LogP contribution in [0.1, 0.15) is 28.7 Å². The van der Waals surface area contributed by atoms with Gasteiger partial charge in [0.25, 0.3) is 5.91 Å². The van der Waals surface area contributed by atoms with Crippen molar-refractivity contribution in [2.75, 3.05) is 6.61 Å². The second kappa shape index (κ2) is 9.67. The van der Waals surface area contributed by atoms with Gasteiger partial charge in [0.2, 0.25) is 0 Å². The molecule has 1 heterocycles. The molecule has 1 amide bonds. The smallest absolute Gasteiger partial charge is 0.251 e. The number of aryl methyl sites for hydroxylation is 1. The zero-order chi connectivity index (χ0) is 21.6. The van der Waals surface area contributed by atoms with Gasteiger partial charge in [0.1, 0.15) is 18.2 Å². The standard InChI is InChI=1S/C25H24ClN3O2/c1-2-18-10-12-21(13-11-18)31-15-14-29-23-9-4-3-8-22(23)28-24(29)17-27-25(30)19-6-5-7-20(26)16-19/h3-13,16H,2,14-15,17H2,1H3,(H,27,30). The molecule has 6 heteroatoms. The van der Waals surface area contributed by atoms with Crippen molar-refractivity contribution in [1.82, 2.24) is 14.9 Å². The van der Waals surface area contributed by atoms with E-state index >= 15 is 0 Å². The fourth-order valence-electron chi connectivity index (χ4n) is 3.48. The van der Waals surface area contributed by atoms with Gasteiger partial charge in [-0.25, -0.2) is 4.98 Å². The van der Waals surface area contributed by atoms with E-state index < -0.39 is 0 Å². The number of para-hydroxylation sites is 2. The van der Waals surface area contributed by atoms with Crippen molar-refractivity contribution in [2.45, 2.75) is 26.4 Å². The molecule has 0 atom stereocenters. The van der Waals surface area contributed by atoms with Crippen molar-refractivity contribution in [3.63, 3.8) is 0 Å². The lowest BCUT2D eigenvalue weighted by molar-refractivity contribution is 0.0949. The van der Waals surface area contributed by atoms with E-state index in [-0.39, 0.29) is 5.91 Å². The molecule has 4 aromatic rings. The first kappa shape index (κ1) is 20.9. The van der Waals surface area contributed by atoms with Crippen LogP contribution in [0, 0.1) is 0 Å². The Labute approximate surface area is 186 Å². The molecule has 0 aliphatic heterocycles. The molecule has 158 valence electrons. The lowest BCUT2D eigenvalue weighted by atomic mass is 10.2. The first-order valence-electron chi connectivity index (χ1n) is 10.3. The van der Waals surface area contributed by atoms with Gasteiger partial charge in [-0.05, 0) is 54.4 Å². The van der Waals surface area contributed by atoms with E-state index in [1.54, 1.807) is 24.3 Å². The summed E-state index contributed by atoms with van der Waals surface area (Å²) in [5, 5.41) is 3.47. The molecular weight excluding hydrogens is 410 g/mol. The van der Waals surface area contributed by atoms with Crippen molar-refractivity contribution < 1.29 is 9.53 Å². The first-order valence-corrected chi connectivity index (χ1v) is 10.7. The van der Waals surface area contributed by atoms with Crippen LogP contribution in [-0.2, 0) is 19.5 Å². The molecule has 0 fully saturated rings. The maximum atomic E-state index is 12.5. The Morgan fingerprint density at radius 3 is 2.65 bits per heavy atom. The summed E-state index contributed by atoms with van der Waals surface area (Å²) in [6.45, 7) is 3.57. The summed E-state index contributed by atoms with van der Waals surface area (Å²) in [5.74, 6) is 1.44. The lowest BCUT2D eigenvalue weighted by Crippen LogP contribution is -2.25. The summed E-state index contributed by atoms with van der Waals surface area (Å²) >= 11 is 6.00. The summed E-state index contributed by atoms with van der Waals surface area (Å²) in [7, 11) is 0. The molecule has 5 nitrogen and oxygen atoms in total. The number of aromatic nitrogens is 2. The highest BCUT2D eigenvalue weighted by Crippen LogP contribution is 2.18. The number of rotatable bonds is 8. The summed E-state index contributed by atoms with van der Waals surface area (Å²) in [6, 6.07) is 23.0. The Morgan fingerprint density at radius 1 is 1.06 bits per heavy atom. The fraction of sp³-hybridized carbons (Fsp3) is 0.200. The maximum Gasteiger partial charge on any atom is 0.251 e. The Balaban J connectivity index is 1.46. The van der Waals surface area contributed by atoms with Crippen molar-refractivity contribution >= 4 is 28.5 Å². The third-order valence-electron chi connectivity index (χ3n) is 5.14. The van der Waals surface area contributed by atoms with Crippen LogP contribution in [0.25, 0.3) is 11.0 Å². The molecule has 0 spiro atoms. The fourth-order valence-corrected chi connectivity index (χ4v) is 3.67. The van der Waals surface area contributed by atoms with Gasteiger partial charge in [-0.3, -0.25) is 4.79 Å². The van der Waals surface area contributed by atoms with Crippen LogP contribution in [0.5, 0.6) is 5.75 Å². The van der Waals surface area contributed by atoms with Crippen LogP contribution < -0.4 is 10.1 Å². The average molecular weight is 434 g/mol. The minimum Gasteiger partial charge on any atom is -0.492 e. The number of halogens is 1. The van der Waals surface area contributed by atoms with Gasteiger partial charge in [0.05, 0.1) is 24.1 Å². The molecule has 0 radical (unpaired) electrons. The molecule has 4 rings (SSSR count). The van der Waals surface area contributed by atoms with Crippen LogP contribution in [0.15, 0.2) is 72.8 Å². The van der Waals surface area contributed by atoms with Crippen LogP contribution in [0.3, 0.4) is 0 Å². The van der Waals surface area contributed by atoms with E-state index in [1.807, 2.05) is 36.4 Å². The number of fused-ring (bicyclic) bond motifs is 1. The Kier molecular flexibility index (Phi) is 6.53. The lowest BCUT2D eigenvalue weighted by Gasteiger charge is -2.12. The minimum absolute atomic E-state index is 0.187. The Bertz CT molecular complexity index is 1190. The van der Waals surface area contributed by atoms with Crippen LogP contribution >= 0.6 is 11.6 Å². The molecule has 0 unspecified atom stereocenters. The molecule has 1 N–H and O–H groups in total. The number of imidazole rings is 1. The van der Waals surface area contributed by atoms with Gasteiger partial charge in [-0.15, -0.1) is 0 Å². The summed E-state index contributed by atoms with van der Waals surface area (Å²) < 4.78 is 8.03. The zero-order valence-corrected chi connectivity index (χ0v) is 18.1. The van der Waals surface area contributed by atoms with Gasteiger partial charge < -0.3 is 14.6 Å². The van der Waals surface area contributed by atoms with Crippen molar-refractivity contribution in [1.29, 1.82) is 0 Å². The summed E-state index contributed by atoms with van der Waals surface area (Å²) in [5.41, 5.74) is 3.71. The Morgan fingerprint density at radius 2 is 1.87 bits per heavy atom. The van der Waals surface area contributed by atoms with Gasteiger partial charge >= 0.3 is 0 Å². The number of ether oxygens (including phenoxy) is 1. The van der Waals surface area contributed by atoms with Crippen LogP contribution in [-0.4, -0.2) is 22.1 Å². The molecule has 0 saturated heterocycles. The third-order valence-corrected chi connectivity index (χ3v) is 5.38. The van der Waals surface area contributed by atoms with Crippen molar-refractivity contribution in [3.05, 3.63) is 94.8 Å². The van der Waals surface area contributed by atoms with Crippen LogP contribution in [0.2, 0.25) is 5.02 Å². The van der Waals surface area contributed by atoms with Crippen molar-refractivity contribution in [3.8, 4) is 5.75 Å². The predicted octanol–water partition coefficient (Wildman–Crippen LogP) is 5.26. The van der Waals surface area contributed by atoms with E-state index in [1.165, 1.54) is 5.56 Å². The molecular formula is C25H24ClN3O2. The SMILES string of the molecule is CCc1ccc(OCCn2c(CNC(=O)c3cccc(Cl)c3)nc3ccccc32)cc1. The molecule has 1 aromatic heterocycles. The highest BCUT2D eigenvalue weighted by molar-refractivity contribution is 6.30. The van der Waals surface area contributed by atoms with Gasteiger partial charge in [-0.2, -0.15) is 0 Å². The number of amides is 1. The molecule has 0 aliphatic rings. The molecule has 3 aromatic carbocycles. The maximum absolute atomic E-state index is 12.5. The van der Waals surface area contributed by atoms with E-state index in [4.69, 9.17) is 21.3 Å². The number of carbonyl (C=O) groups excluding carboxylic acids is 1. The topological polar surface area (TPSA) is 56.1 Å². The van der Waals surface area contributed by atoms with Crippen molar-refractivity contribution in [2.24, 2.45) is 0 Å². The normalized spacial score (nSPS) is 10.9. The number of hydrogen-bond acceptors (Lipinski definition) is 3. The largest absolute Gasteiger partial charge is 0.492 e. The predicted molar refractivity (Wildman–Crippen MR) is 124 cm³/mol. The van der Waals surface area contributed by atoms with E-state index in [0.717, 1.165) is 29.0 Å². The quantitative estimate of drug-likeness (QED) is 0.412. The highest BCUT2D eigenvalue weighted by Gasteiger charge is 2.13. The zero-order valence-electron chi connectivity index (χ0n) is 17.3. The highest BCUT2D eigenvalue weighted by atomic mass is 35.5. The van der Waals surface area contributed by atoms with E-state index in [9.17, 15) is 4.79 Å². The number of carbonyl (C=O) groups is 1. The van der Waals surface area contributed by atoms with Gasteiger partial charge in [-0.1, -0.05) is 48.9 Å².